The molecule has 1 aliphatic heterocycles. The fraction of sp³-hybridized carbons (Fsp3) is 0.417. The van der Waals surface area contributed by atoms with Crippen molar-refractivity contribution in [2.45, 2.75) is 31.7 Å². The van der Waals surface area contributed by atoms with Gasteiger partial charge in [0, 0.05) is 12.5 Å². The summed E-state index contributed by atoms with van der Waals surface area (Å²) in [5.41, 5.74) is 1.36. The van der Waals surface area contributed by atoms with E-state index < -0.39 is 0 Å². The minimum absolute atomic E-state index is 0. The highest BCUT2D eigenvalue weighted by Gasteiger charge is 2.15. The van der Waals surface area contributed by atoms with Gasteiger partial charge in [0.1, 0.15) is 0 Å². The molecule has 0 saturated carbocycles. The molecule has 0 bridgehead atoms. The Kier molecular flexibility index (Phi) is 4.63. The lowest BCUT2D eigenvalue weighted by atomic mass is 9.97. The second kappa shape index (κ2) is 5.76. The number of piperidine rings is 1. The zero-order valence-electron chi connectivity index (χ0n) is 8.70. The van der Waals surface area contributed by atoms with Crippen molar-refractivity contribution in [3.05, 3.63) is 35.9 Å². The van der Waals surface area contributed by atoms with Crippen LogP contribution in [0.15, 0.2) is 30.3 Å². The average Bonchev–Trinajstić information content (AvgIpc) is 2.19. The van der Waals surface area contributed by atoms with Gasteiger partial charge in [-0.05, 0) is 24.8 Å². The highest BCUT2D eigenvalue weighted by molar-refractivity contribution is 5.85. The van der Waals surface area contributed by atoms with E-state index in [1.54, 1.807) is 0 Å². The predicted octanol–water partition coefficient (Wildman–Crippen LogP) is 2.77. The topological polar surface area (TPSA) is 35.9 Å². The van der Waals surface area contributed by atoms with Gasteiger partial charge in [-0.1, -0.05) is 30.3 Å². The smallest absolute Gasteiger partial charge is 0.0933 e. The fourth-order valence-electron chi connectivity index (χ4n) is 1.97. The van der Waals surface area contributed by atoms with Crippen LogP contribution in [0.25, 0.3) is 0 Å². The second-order valence-electron chi connectivity index (χ2n) is 3.90. The van der Waals surface area contributed by atoms with Gasteiger partial charge >= 0.3 is 0 Å². The molecule has 1 saturated heterocycles. The third-order valence-corrected chi connectivity index (χ3v) is 2.68. The predicted molar refractivity (Wildman–Crippen MR) is 65.9 cm³/mol. The molecule has 0 aliphatic carbocycles. The molecule has 82 valence electrons. The van der Waals surface area contributed by atoms with Crippen LogP contribution in [0.4, 0.5) is 0 Å². The first-order chi connectivity index (χ1) is 6.84. The van der Waals surface area contributed by atoms with Gasteiger partial charge in [-0.2, -0.15) is 0 Å². The molecule has 1 aliphatic rings. The summed E-state index contributed by atoms with van der Waals surface area (Å²) in [6.45, 7) is 0. The van der Waals surface area contributed by atoms with Gasteiger partial charge in [0.05, 0.1) is 5.84 Å². The van der Waals surface area contributed by atoms with Crippen LogP contribution in [0, 0.1) is 5.41 Å². The fourth-order valence-corrected chi connectivity index (χ4v) is 1.97. The van der Waals surface area contributed by atoms with E-state index >= 15 is 0 Å². The normalized spacial score (nSPS) is 20.3. The largest absolute Gasteiger partial charge is 0.371 e. The number of halogens is 1. The molecular weight excluding hydrogens is 208 g/mol. The lowest BCUT2D eigenvalue weighted by Crippen LogP contribution is -2.39. The minimum atomic E-state index is 0. The van der Waals surface area contributed by atoms with Crippen molar-refractivity contribution in [3.63, 3.8) is 0 Å². The van der Waals surface area contributed by atoms with Gasteiger partial charge in [-0.3, -0.25) is 5.41 Å². The molecule has 1 atom stereocenters. The molecule has 1 heterocycles. The zero-order chi connectivity index (χ0) is 9.80. The standard InChI is InChI=1S/C12H16N2.ClH/c13-12-8-4-7-11(14-12)9-10-5-2-1-3-6-10;/h1-3,5-6,11H,4,7-9H2,(H2,13,14);1H. The maximum atomic E-state index is 7.57. The number of rotatable bonds is 2. The highest BCUT2D eigenvalue weighted by atomic mass is 35.5. The summed E-state index contributed by atoms with van der Waals surface area (Å²) >= 11 is 0. The molecular formula is C12H17ClN2. The quantitative estimate of drug-likeness (QED) is 0.796. The average molecular weight is 225 g/mol. The van der Waals surface area contributed by atoms with Crippen molar-refractivity contribution in [1.29, 1.82) is 5.41 Å². The van der Waals surface area contributed by atoms with Crippen LogP contribution >= 0.6 is 12.4 Å². The zero-order valence-corrected chi connectivity index (χ0v) is 9.52. The third-order valence-electron chi connectivity index (χ3n) is 2.68. The minimum Gasteiger partial charge on any atom is -0.371 e. The molecule has 15 heavy (non-hydrogen) atoms. The molecule has 3 heteroatoms. The molecule has 2 rings (SSSR count). The monoisotopic (exact) mass is 224 g/mol. The first kappa shape index (κ1) is 12.1. The summed E-state index contributed by atoms with van der Waals surface area (Å²) < 4.78 is 0. The van der Waals surface area contributed by atoms with Gasteiger partial charge in [-0.15, -0.1) is 12.4 Å². The SMILES string of the molecule is Cl.N=C1CCCC(Cc2ccccc2)N1. The van der Waals surface area contributed by atoms with Gasteiger partial charge in [-0.25, -0.2) is 0 Å². The van der Waals surface area contributed by atoms with E-state index in [9.17, 15) is 0 Å². The van der Waals surface area contributed by atoms with E-state index in [2.05, 4.69) is 29.6 Å². The van der Waals surface area contributed by atoms with Crippen molar-refractivity contribution in [3.8, 4) is 0 Å². The van der Waals surface area contributed by atoms with Crippen molar-refractivity contribution in [1.82, 2.24) is 5.32 Å². The molecule has 1 aromatic carbocycles. The summed E-state index contributed by atoms with van der Waals surface area (Å²) in [5, 5.41) is 10.8. The lowest BCUT2D eigenvalue weighted by Gasteiger charge is -2.25. The second-order valence-corrected chi connectivity index (χ2v) is 3.90. The maximum absolute atomic E-state index is 7.57. The van der Waals surface area contributed by atoms with E-state index in [4.69, 9.17) is 5.41 Å². The Morgan fingerprint density at radius 1 is 1.27 bits per heavy atom. The van der Waals surface area contributed by atoms with Gasteiger partial charge in [0.2, 0.25) is 0 Å². The Labute approximate surface area is 97.0 Å². The van der Waals surface area contributed by atoms with Crippen LogP contribution in [-0.4, -0.2) is 11.9 Å². The van der Waals surface area contributed by atoms with E-state index in [1.165, 1.54) is 12.0 Å². The molecule has 0 radical (unpaired) electrons. The highest BCUT2D eigenvalue weighted by Crippen LogP contribution is 2.13. The Morgan fingerprint density at radius 2 is 2.00 bits per heavy atom. The Morgan fingerprint density at radius 3 is 2.67 bits per heavy atom. The molecule has 0 aromatic heterocycles. The maximum Gasteiger partial charge on any atom is 0.0933 e. The molecule has 0 amide bonds. The van der Waals surface area contributed by atoms with Crippen LogP contribution in [-0.2, 0) is 6.42 Å². The van der Waals surface area contributed by atoms with E-state index in [1.807, 2.05) is 6.07 Å². The first-order valence-corrected chi connectivity index (χ1v) is 5.22. The summed E-state index contributed by atoms with van der Waals surface area (Å²) in [7, 11) is 0. The summed E-state index contributed by atoms with van der Waals surface area (Å²) in [5.74, 6) is 0.706. The number of nitrogens with one attached hydrogen (secondary N) is 2. The van der Waals surface area contributed by atoms with E-state index in [0.717, 1.165) is 19.3 Å². The van der Waals surface area contributed by atoms with E-state index in [-0.39, 0.29) is 12.4 Å². The van der Waals surface area contributed by atoms with Crippen LogP contribution in [0.3, 0.4) is 0 Å². The van der Waals surface area contributed by atoms with Crippen molar-refractivity contribution < 1.29 is 0 Å². The summed E-state index contributed by atoms with van der Waals surface area (Å²) in [4.78, 5) is 0. The molecule has 2 nitrogen and oxygen atoms in total. The van der Waals surface area contributed by atoms with Gasteiger partial charge < -0.3 is 5.32 Å². The summed E-state index contributed by atoms with van der Waals surface area (Å²) in [6, 6.07) is 11.0. The molecule has 0 spiro atoms. The Hall–Kier alpha value is -1.02. The third kappa shape index (κ3) is 3.56. The van der Waals surface area contributed by atoms with Crippen LogP contribution in [0.5, 0.6) is 0 Å². The molecule has 1 fully saturated rings. The molecule has 2 N–H and O–H groups in total. The Balaban J connectivity index is 0.00000112. The lowest BCUT2D eigenvalue weighted by molar-refractivity contribution is 0.500. The van der Waals surface area contributed by atoms with Gasteiger partial charge in [0.15, 0.2) is 0 Å². The van der Waals surface area contributed by atoms with Crippen molar-refractivity contribution >= 4 is 18.2 Å². The Bertz CT molecular complexity index is 311. The number of amidine groups is 1. The molecule has 1 aromatic rings. The first-order valence-electron chi connectivity index (χ1n) is 5.22. The van der Waals surface area contributed by atoms with Crippen LogP contribution in [0.1, 0.15) is 24.8 Å². The van der Waals surface area contributed by atoms with Crippen molar-refractivity contribution in [2.75, 3.05) is 0 Å². The number of benzene rings is 1. The number of hydrogen-bond donors (Lipinski definition) is 2. The van der Waals surface area contributed by atoms with Gasteiger partial charge in [0.25, 0.3) is 0 Å². The van der Waals surface area contributed by atoms with Crippen LogP contribution in [0.2, 0.25) is 0 Å². The summed E-state index contributed by atoms with van der Waals surface area (Å²) in [6.07, 6.45) is 4.31. The number of hydrogen-bond acceptors (Lipinski definition) is 1. The van der Waals surface area contributed by atoms with Crippen LogP contribution < -0.4 is 5.32 Å². The molecule has 1 unspecified atom stereocenters. The van der Waals surface area contributed by atoms with Crippen molar-refractivity contribution in [2.24, 2.45) is 0 Å². The van der Waals surface area contributed by atoms with E-state index in [0.29, 0.717) is 11.9 Å².